The van der Waals surface area contributed by atoms with E-state index >= 15 is 0 Å². The van der Waals surface area contributed by atoms with Gasteiger partial charge in [-0.2, -0.15) is 5.10 Å². The number of amides is 2. The van der Waals surface area contributed by atoms with Gasteiger partial charge in [0.05, 0.1) is 18.7 Å². The highest BCUT2D eigenvalue weighted by atomic mass is 79.9. The molecule has 1 aromatic heterocycles. The number of carbonyl (C=O) groups is 2. The van der Waals surface area contributed by atoms with E-state index < -0.39 is 5.91 Å². The van der Waals surface area contributed by atoms with Crippen LogP contribution in [-0.2, 0) is 9.53 Å². The van der Waals surface area contributed by atoms with Crippen LogP contribution in [0.1, 0.15) is 29.7 Å². The van der Waals surface area contributed by atoms with Gasteiger partial charge in [0.1, 0.15) is 16.0 Å². The molecule has 1 saturated heterocycles. The Kier molecular flexibility index (Phi) is 5.66. The molecule has 2 amide bonds. The van der Waals surface area contributed by atoms with Crippen molar-refractivity contribution in [3.63, 3.8) is 0 Å². The molecule has 0 aliphatic carbocycles. The van der Waals surface area contributed by atoms with Crippen LogP contribution in [0.15, 0.2) is 16.8 Å². The third kappa shape index (κ3) is 3.32. The number of nitrogens with one attached hydrogen (secondary N) is 1. The first-order valence-corrected chi connectivity index (χ1v) is 8.32. The van der Waals surface area contributed by atoms with Gasteiger partial charge in [0.15, 0.2) is 0 Å². The van der Waals surface area contributed by atoms with Crippen LogP contribution in [0, 0.1) is 0 Å². The van der Waals surface area contributed by atoms with Crippen LogP contribution in [0.2, 0.25) is 0 Å². The summed E-state index contributed by atoms with van der Waals surface area (Å²) in [6, 6.07) is -0.172. The summed E-state index contributed by atoms with van der Waals surface area (Å²) in [7, 11) is 3.30. The van der Waals surface area contributed by atoms with Gasteiger partial charge in [-0.15, -0.1) is 0 Å². The van der Waals surface area contributed by atoms with Crippen LogP contribution >= 0.6 is 15.9 Å². The molecule has 1 aromatic rings. The molecule has 1 fully saturated rings. The summed E-state index contributed by atoms with van der Waals surface area (Å²) in [6.07, 6.45) is 0.661. The lowest BCUT2D eigenvalue weighted by Crippen LogP contribution is -2.38. The minimum atomic E-state index is -0.571. The fraction of sp³-hybridized carbons (Fsp3) is 0.533. The van der Waals surface area contributed by atoms with Crippen molar-refractivity contribution >= 4 is 33.6 Å². The standard InChI is InChI=1S/C15H22BrN5O3/c1-8(2)15(23)20-6-9(5-10(20)7-24-4)21-14(18-3)11(13(17)22)12(16)19-21/h9-10,18H,1,5-7H2,2-4H3,(H2,17,22)/t9-,10+/m0/s1. The molecule has 2 rings (SSSR count). The fourth-order valence-corrected chi connectivity index (χ4v) is 3.60. The van der Waals surface area contributed by atoms with Crippen LogP contribution in [-0.4, -0.2) is 59.8 Å². The van der Waals surface area contributed by atoms with E-state index in [1.54, 1.807) is 30.7 Å². The van der Waals surface area contributed by atoms with Crippen LogP contribution < -0.4 is 11.1 Å². The molecule has 0 unspecified atom stereocenters. The van der Waals surface area contributed by atoms with Crippen molar-refractivity contribution in [2.45, 2.75) is 25.4 Å². The Morgan fingerprint density at radius 1 is 1.54 bits per heavy atom. The lowest BCUT2D eigenvalue weighted by molar-refractivity contribution is -0.128. The maximum absolute atomic E-state index is 12.4. The molecular formula is C15H22BrN5O3. The Bertz CT molecular complexity index is 672. The number of ether oxygens (including phenoxy) is 1. The van der Waals surface area contributed by atoms with E-state index in [1.807, 2.05) is 0 Å². The molecule has 0 aromatic carbocycles. The minimum Gasteiger partial charge on any atom is -0.383 e. The van der Waals surface area contributed by atoms with Crippen molar-refractivity contribution in [1.29, 1.82) is 0 Å². The third-order valence-electron chi connectivity index (χ3n) is 4.07. The second kappa shape index (κ2) is 7.35. The molecule has 0 spiro atoms. The Morgan fingerprint density at radius 3 is 2.71 bits per heavy atom. The number of primary amides is 1. The molecule has 1 aliphatic heterocycles. The zero-order valence-corrected chi connectivity index (χ0v) is 15.6. The fourth-order valence-electron chi connectivity index (χ4n) is 3.04. The van der Waals surface area contributed by atoms with Crippen LogP contribution in [0.5, 0.6) is 0 Å². The maximum Gasteiger partial charge on any atom is 0.255 e. The van der Waals surface area contributed by atoms with Gasteiger partial charge in [-0.25, -0.2) is 4.68 Å². The second-order valence-electron chi connectivity index (χ2n) is 5.81. The van der Waals surface area contributed by atoms with Crippen molar-refractivity contribution in [2.24, 2.45) is 5.73 Å². The van der Waals surface area contributed by atoms with E-state index in [1.165, 1.54) is 0 Å². The average Bonchev–Trinajstić information content (AvgIpc) is 3.07. The van der Waals surface area contributed by atoms with Gasteiger partial charge in [-0.05, 0) is 29.3 Å². The first kappa shape index (κ1) is 18.5. The van der Waals surface area contributed by atoms with E-state index in [9.17, 15) is 9.59 Å². The van der Waals surface area contributed by atoms with Gasteiger partial charge in [0, 0.05) is 26.3 Å². The molecule has 2 atom stereocenters. The first-order chi connectivity index (χ1) is 11.3. The summed E-state index contributed by atoms with van der Waals surface area (Å²) in [4.78, 5) is 25.8. The SMILES string of the molecule is C=C(C)C(=O)N1C[C@@H](n2nc(Br)c(C(N)=O)c2NC)C[C@@H]1COC. The quantitative estimate of drug-likeness (QED) is 0.698. The number of halogens is 1. The molecular weight excluding hydrogens is 378 g/mol. The number of anilines is 1. The zero-order chi connectivity index (χ0) is 18.0. The number of hydrogen-bond donors (Lipinski definition) is 2. The van der Waals surface area contributed by atoms with Crippen molar-refractivity contribution < 1.29 is 14.3 Å². The molecule has 2 heterocycles. The van der Waals surface area contributed by atoms with Gasteiger partial charge >= 0.3 is 0 Å². The summed E-state index contributed by atoms with van der Waals surface area (Å²) in [5.74, 6) is -0.147. The molecule has 0 bridgehead atoms. The second-order valence-corrected chi connectivity index (χ2v) is 6.56. The average molecular weight is 400 g/mol. The Morgan fingerprint density at radius 2 is 2.21 bits per heavy atom. The molecule has 0 radical (unpaired) electrons. The number of methoxy groups -OCH3 is 1. The summed E-state index contributed by atoms with van der Waals surface area (Å²) < 4.78 is 7.33. The number of rotatable bonds is 6. The molecule has 3 N–H and O–H groups in total. The predicted octanol–water partition coefficient (Wildman–Crippen LogP) is 1.15. The highest BCUT2D eigenvalue weighted by molar-refractivity contribution is 9.10. The molecule has 24 heavy (non-hydrogen) atoms. The van der Waals surface area contributed by atoms with E-state index in [0.29, 0.717) is 41.1 Å². The molecule has 132 valence electrons. The van der Waals surface area contributed by atoms with E-state index in [2.05, 4.69) is 32.9 Å². The van der Waals surface area contributed by atoms with E-state index in [4.69, 9.17) is 10.5 Å². The number of nitrogens with two attached hydrogens (primary N) is 1. The number of likely N-dealkylation sites (tertiary alicyclic amines) is 1. The van der Waals surface area contributed by atoms with Gasteiger partial charge in [-0.3, -0.25) is 9.59 Å². The van der Waals surface area contributed by atoms with E-state index in [-0.39, 0.29) is 18.0 Å². The minimum absolute atomic E-state index is 0.0751. The summed E-state index contributed by atoms with van der Waals surface area (Å²) in [6.45, 7) is 6.31. The largest absolute Gasteiger partial charge is 0.383 e. The predicted molar refractivity (Wildman–Crippen MR) is 93.8 cm³/mol. The Labute approximate surface area is 149 Å². The summed E-state index contributed by atoms with van der Waals surface area (Å²) >= 11 is 3.28. The smallest absolute Gasteiger partial charge is 0.255 e. The first-order valence-electron chi connectivity index (χ1n) is 7.52. The number of nitrogens with zero attached hydrogens (tertiary/aromatic N) is 3. The summed E-state index contributed by atoms with van der Waals surface area (Å²) in [5.41, 5.74) is 6.21. The normalized spacial score (nSPS) is 20.2. The Hall–Kier alpha value is -1.87. The number of hydrogen-bond acceptors (Lipinski definition) is 5. The topological polar surface area (TPSA) is 102 Å². The third-order valence-corrected chi connectivity index (χ3v) is 4.63. The van der Waals surface area contributed by atoms with Crippen molar-refractivity contribution in [3.8, 4) is 0 Å². The number of carbonyl (C=O) groups excluding carboxylic acids is 2. The van der Waals surface area contributed by atoms with Crippen molar-refractivity contribution in [2.75, 3.05) is 32.6 Å². The lowest BCUT2D eigenvalue weighted by Gasteiger charge is -2.23. The van der Waals surface area contributed by atoms with Gasteiger partial charge in [0.2, 0.25) is 5.91 Å². The maximum atomic E-state index is 12.4. The molecule has 9 heteroatoms. The molecule has 8 nitrogen and oxygen atoms in total. The van der Waals surface area contributed by atoms with Crippen molar-refractivity contribution in [1.82, 2.24) is 14.7 Å². The monoisotopic (exact) mass is 399 g/mol. The highest BCUT2D eigenvalue weighted by Crippen LogP contribution is 2.34. The van der Waals surface area contributed by atoms with Crippen LogP contribution in [0.25, 0.3) is 0 Å². The Balaban J connectivity index is 2.37. The summed E-state index contributed by atoms with van der Waals surface area (Å²) in [5, 5.41) is 7.36. The van der Waals surface area contributed by atoms with Crippen LogP contribution in [0.3, 0.4) is 0 Å². The van der Waals surface area contributed by atoms with E-state index in [0.717, 1.165) is 0 Å². The zero-order valence-electron chi connectivity index (χ0n) is 14.0. The van der Waals surface area contributed by atoms with Crippen LogP contribution in [0.4, 0.5) is 5.82 Å². The highest BCUT2D eigenvalue weighted by Gasteiger charge is 2.38. The molecule has 0 saturated carbocycles. The number of aromatic nitrogens is 2. The molecule has 1 aliphatic rings. The van der Waals surface area contributed by atoms with Gasteiger partial charge in [0.25, 0.3) is 5.91 Å². The van der Waals surface area contributed by atoms with Gasteiger partial charge < -0.3 is 20.7 Å². The van der Waals surface area contributed by atoms with Gasteiger partial charge in [-0.1, -0.05) is 6.58 Å². The lowest BCUT2D eigenvalue weighted by atomic mass is 10.1. The van der Waals surface area contributed by atoms with Crippen molar-refractivity contribution in [3.05, 3.63) is 22.3 Å².